The SMILES string of the molecule is [2H]c1c([2H])c([2H])c(-c2cc(-c3c([2H])c([2H])c([2H])c([2H])c3[2H])c3sc4cccc(-c5nc(-c6ccccc6)nc(-c6cc(-c7ccccc7)cc(-c7ccccc7)c6)n5)c4c3c2)c([2H])c1[2H]. The zero-order chi connectivity index (χ0) is 45.3. The van der Waals surface area contributed by atoms with Gasteiger partial charge in [0, 0.05) is 42.4 Å². The molecule has 0 radical (unpaired) electrons. The lowest BCUT2D eigenvalue weighted by molar-refractivity contribution is 1.08. The second-order valence-corrected chi connectivity index (χ2v) is 13.9. The molecule has 258 valence electrons. The van der Waals surface area contributed by atoms with E-state index in [1.54, 1.807) is 12.1 Å². The van der Waals surface area contributed by atoms with Crippen LogP contribution in [0.2, 0.25) is 0 Å². The molecule has 0 saturated heterocycles. The highest BCUT2D eigenvalue weighted by Gasteiger charge is 2.20. The molecule has 0 spiro atoms. The highest BCUT2D eigenvalue weighted by atomic mass is 32.1. The van der Waals surface area contributed by atoms with Gasteiger partial charge in [-0.3, -0.25) is 0 Å². The summed E-state index contributed by atoms with van der Waals surface area (Å²) in [4.78, 5) is 15.4. The highest BCUT2D eigenvalue weighted by molar-refractivity contribution is 7.26. The average molecular weight is 730 g/mol. The Labute approximate surface area is 338 Å². The van der Waals surface area contributed by atoms with E-state index in [9.17, 15) is 0 Å². The van der Waals surface area contributed by atoms with E-state index in [1.165, 1.54) is 11.3 Å². The zero-order valence-electron chi connectivity index (χ0n) is 39.0. The van der Waals surface area contributed by atoms with Crippen molar-refractivity contribution in [3.8, 4) is 78.7 Å². The van der Waals surface area contributed by atoms with Crippen LogP contribution in [0.25, 0.3) is 98.8 Å². The minimum atomic E-state index is -0.552. The molecule has 0 unspecified atom stereocenters. The maximum atomic E-state index is 9.01. The fourth-order valence-electron chi connectivity index (χ4n) is 6.92. The Bertz CT molecular complexity index is 3430. The summed E-state index contributed by atoms with van der Waals surface area (Å²) in [5, 5.41) is 1.21. The van der Waals surface area contributed by atoms with Crippen molar-refractivity contribution in [1.82, 2.24) is 15.0 Å². The predicted molar refractivity (Wildman–Crippen MR) is 231 cm³/mol. The first-order chi connectivity index (χ1) is 31.4. The summed E-state index contributed by atoms with van der Waals surface area (Å²) in [5.41, 5.74) is 6.37. The fourth-order valence-corrected chi connectivity index (χ4v) is 8.15. The Morgan fingerprint density at radius 1 is 0.364 bits per heavy atom. The Kier molecular flexibility index (Phi) is 6.05. The van der Waals surface area contributed by atoms with E-state index in [0.717, 1.165) is 38.1 Å². The van der Waals surface area contributed by atoms with Gasteiger partial charge in [-0.15, -0.1) is 11.3 Å². The van der Waals surface area contributed by atoms with E-state index < -0.39 is 60.4 Å². The fraction of sp³-hybridized carbons (Fsp3) is 0. The number of hydrogen-bond acceptors (Lipinski definition) is 4. The van der Waals surface area contributed by atoms with E-state index in [1.807, 2.05) is 84.9 Å². The van der Waals surface area contributed by atoms with Gasteiger partial charge >= 0.3 is 0 Å². The van der Waals surface area contributed by atoms with Crippen LogP contribution in [0.15, 0.2) is 200 Å². The molecule has 2 heterocycles. The zero-order valence-corrected chi connectivity index (χ0v) is 29.8. The third-order valence-electron chi connectivity index (χ3n) is 9.47. The summed E-state index contributed by atoms with van der Waals surface area (Å²) >= 11 is 1.34. The van der Waals surface area contributed by atoms with Crippen LogP contribution in [0.5, 0.6) is 0 Å². The van der Waals surface area contributed by atoms with Gasteiger partial charge in [0.05, 0.1) is 13.7 Å². The van der Waals surface area contributed by atoms with Gasteiger partial charge in [0.2, 0.25) is 0 Å². The molecule has 0 fully saturated rings. The first kappa shape index (κ1) is 23.6. The van der Waals surface area contributed by atoms with Gasteiger partial charge < -0.3 is 0 Å². The van der Waals surface area contributed by atoms with Crippen LogP contribution < -0.4 is 0 Å². The summed E-state index contributed by atoms with van der Waals surface area (Å²) < 4.78 is 88.0. The number of benzene rings is 8. The Morgan fingerprint density at radius 3 is 1.49 bits per heavy atom. The van der Waals surface area contributed by atoms with Crippen molar-refractivity contribution in [2.45, 2.75) is 0 Å². The van der Waals surface area contributed by atoms with Crippen molar-refractivity contribution in [2.24, 2.45) is 0 Å². The second-order valence-electron chi connectivity index (χ2n) is 12.9. The monoisotopic (exact) mass is 729 g/mol. The van der Waals surface area contributed by atoms with Crippen molar-refractivity contribution in [3.05, 3.63) is 200 Å². The van der Waals surface area contributed by atoms with Crippen LogP contribution >= 0.6 is 11.3 Å². The number of nitrogens with zero attached hydrogens (tertiary/aromatic N) is 3. The van der Waals surface area contributed by atoms with Gasteiger partial charge in [0.1, 0.15) is 0 Å². The molecule has 0 aliphatic heterocycles. The molecular weight excluding hydrogens is 687 g/mol. The van der Waals surface area contributed by atoms with Crippen molar-refractivity contribution in [1.29, 1.82) is 0 Å². The van der Waals surface area contributed by atoms with E-state index in [0.29, 0.717) is 38.5 Å². The van der Waals surface area contributed by atoms with Crippen LogP contribution in [0.4, 0.5) is 0 Å². The van der Waals surface area contributed by atoms with Gasteiger partial charge in [0.15, 0.2) is 17.5 Å². The second kappa shape index (κ2) is 14.1. The number of thiophene rings is 1. The minimum Gasteiger partial charge on any atom is -0.208 e. The van der Waals surface area contributed by atoms with Gasteiger partial charge in [-0.25, -0.2) is 15.0 Å². The third-order valence-corrected chi connectivity index (χ3v) is 10.7. The molecule has 0 aliphatic rings. The average Bonchev–Trinajstić information content (AvgIpc) is 3.73. The molecular formula is C51H33N3S. The first-order valence-electron chi connectivity index (χ1n) is 22.6. The van der Waals surface area contributed by atoms with Crippen molar-refractivity contribution in [3.63, 3.8) is 0 Å². The largest absolute Gasteiger partial charge is 0.208 e. The Morgan fingerprint density at radius 2 is 0.873 bits per heavy atom. The normalized spacial score (nSPS) is 13.8. The quantitative estimate of drug-likeness (QED) is 0.164. The van der Waals surface area contributed by atoms with Crippen LogP contribution in [-0.4, -0.2) is 15.0 Å². The highest BCUT2D eigenvalue weighted by Crippen LogP contribution is 2.46. The summed E-state index contributed by atoms with van der Waals surface area (Å²) in [6.07, 6.45) is 0. The van der Waals surface area contributed by atoms with Gasteiger partial charge in [-0.05, 0) is 75.3 Å². The minimum absolute atomic E-state index is 0.0790. The third kappa shape index (κ3) is 6.29. The van der Waals surface area contributed by atoms with Crippen LogP contribution in [-0.2, 0) is 0 Å². The van der Waals surface area contributed by atoms with Crippen molar-refractivity contribution < 1.29 is 13.7 Å². The number of aromatic nitrogens is 3. The lowest BCUT2D eigenvalue weighted by atomic mass is 9.95. The van der Waals surface area contributed by atoms with Gasteiger partial charge in [-0.2, -0.15) is 0 Å². The summed E-state index contributed by atoms with van der Waals surface area (Å²) in [6.45, 7) is 0. The first-order valence-corrected chi connectivity index (χ1v) is 18.4. The van der Waals surface area contributed by atoms with Crippen molar-refractivity contribution in [2.75, 3.05) is 0 Å². The van der Waals surface area contributed by atoms with E-state index in [4.69, 9.17) is 28.7 Å². The molecule has 3 nitrogen and oxygen atoms in total. The molecule has 55 heavy (non-hydrogen) atoms. The van der Waals surface area contributed by atoms with Crippen molar-refractivity contribution >= 4 is 31.5 Å². The number of rotatable bonds is 7. The summed E-state index contributed by atoms with van der Waals surface area (Å²) in [6, 6.07) is 40.1. The molecule has 0 bridgehead atoms. The van der Waals surface area contributed by atoms with E-state index in [2.05, 4.69) is 42.5 Å². The number of fused-ring (bicyclic) bond motifs is 3. The smallest absolute Gasteiger partial charge is 0.164 e. The molecule has 10 aromatic rings. The summed E-state index contributed by atoms with van der Waals surface area (Å²) in [7, 11) is 0. The molecule has 0 amide bonds. The molecule has 2 aromatic heterocycles. The molecule has 0 aliphatic carbocycles. The molecule has 0 atom stereocenters. The standard InChI is InChI=1S/C51H33N3S/c1-6-17-34(18-7-1)39-29-40(35-19-8-2-9-20-35)31-42(30-39)50-52-49(38-25-14-5-15-26-38)53-51(54-50)43-27-16-28-46-47(43)45-33-41(36-21-10-3-11-22-36)32-44(48(45)55-46)37-23-12-4-13-24-37/h1-33H/i3D,4D,10D,11D,12D,13D,21D,22D,23D,24D. The van der Waals surface area contributed by atoms with Gasteiger partial charge in [0.25, 0.3) is 0 Å². The molecule has 10 rings (SSSR count). The van der Waals surface area contributed by atoms with Crippen LogP contribution in [0.1, 0.15) is 13.7 Å². The molecule has 0 saturated carbocycles. The van der Waals surface area contributed by atoms with E-state index >= 15 is 0 Å². The molecule has 8 aromatic carbocycles. The topological polar surface area (TPSA) is 38.7 Å². The molecule has 4 heteroatoms. The molecule has 0 N–H and O–H groups in total. The van der Waals surface area contributed by atoms with E-state index in [-0.39, 0.29) is 22.3 Å². The lowest BCUT2D eigenvalue weighted by Crippen LogP contribution is -2.01. The van der Waals surface area contributed by atoms with Crippen LogP contribution in [0.3, 0.4) is 0 Å². The predicted octanol–water partition coefficient (Wildman–Crippen LogP) is 13.9. The lowest BCUT2D eigenvalue weighted by Gasteiger charge is -2.13. The maximum Gasteiger partial charge on any atom is 0.164 e. The Balaban J connectivity index is 1.29. The number of hydrogen-bond donors (Lipinski definition) is 0. The summed E-state index contributed by atoms with van der Waals surface area (Å²) in [5.74, 6) is 1.18. The Hall–Kier alpha value is -7.01. The van der Waals surface area contributed by atoms with Crippen LogP contribution in [0, 0.1) is 0 Å². The maximum absolute atomic E-state index is 9.01. The van der Waals surface area contributed by atoms with Gasteiger partial charge in [-0.1, -0.05) is 164 Å².